The van der Waals surface area contributed by atoms with E-state index >= 15 is 0 Å². The van der Waals surface area contributed by atoms with Crippen LogP contribution in [0.3, 0.4) is 0 Å². The Balaban J connectivity index is 2.56. The van der Waals surface area contributed by atoms with Crippen molar-refractivity contribution in [2.45, 2.75) is 40.3 Å². The van der Waals surface area contributed by atoms with Gasteiger partial charge >= 0.3 is 0 Å². The van der Waals surface area contributed by atoms with Crippen LogP contribution in [0.25, 0.3) is 11.0 Å². The number of imidazole rings is 1. The van der Waals surface area contributed by atoms with E-state index in [1.807, 2.05) is 6.07 Å². The Kier molecular flexibility index (Phi) is 3.71. The fourth-order valence-electron chi connectivity index (χ4n) is 2.20. The van der Waals surface area contributed by atoms with E-state index in [4.69, 9.17) is 10.7 Å². The summed E-state index contributed by atoms with van der Waals surface area (Å²) in [5.74, 6) is 1.99. The van der Waals surface area contributed by atoms with Crippen molar-refractivity contribution in [3.8, 4) is 0 Å². The second-order valence-electron chi connectivity index (χ2n) is 5.73. The highest BCUT2D eigenvalue weighted by atomic mass is 15.1. The van der Waals surface area contributed by atoms with Crippen LogP contribution in [0.4, 0.5) is 0 Å². The van der Waals surface area contributed by atoms with E-state index in [1.54, 1.807) is 0 Å². The first-order valence-corrected chi connectivity index (χ1v) is 6.71. The van der Waals surface area contributed by atoms with Crippen molar-refractivity contribution in [1.29, 1.82) is 0 Å². The molecule has 1 atom stereocenters. The zero-order valence-corrected chi connectivity index (χ0v) is 11.7. The van der Waals surface area contributed by atoms with Crippen molar-refractivity contribution in [2.75, 3.05) is 0 Å². The quantitative estimate of drug-likeness (QED) is 0.897. The molecule has 0 unspecified atom stereocenters. The predicted octanol–water partition coefficient (Wildman–Crippen LogP) is 3.35. The standard InChI is InChI=1S/C15H23N3/c1-10(2)9-18-13-8-6-5-7-12(13)17-15(18)14(16)11(3)4/h5-8,10-11,14H,9,16H2,1-4H3/t14-/m1/s1. The van der Waals surface area contributed by atoms with Gasteiger partial charge in [-0.15, -0.1) is 0 Å². The Morgan fingerprint density at radius 2 is 1.83 bits per heavy atom. The van der Waals surface area contributed by atoms with Crippen LogP contribution in [0.15, 0.2) is 24.3 Å². The van der Waals surface area contributed by atoms with Crippen LogP contribution in [-0.2, 0) is 6.54 Å². The van der Waals surface area contributed by atoms with Gasteiger partial charge in [-0.3, -0.25) is 0 Å². The number of nitrogens with two attached hydrogens (primary N) is 1. The summed E-state index contributed by atoms with van der Waals surface area (Å²) in [6.45, 7) is 9.70. The minimum Gasteiger partial charge on any atom is -0.326 e. The number of hydrogen-bond donors (Lipinski definition) is 1. The molecular formula is C15H23N3. The summed E-state index contributed by atoms with van der Waals surface area (Å²) in [6.07, 6.45) is 0. The smallest absolute Gasteiger partial charge is 0.127 e. The zero-order chi connectivity index (χ0) is 13.3. The van der Waals surface area contributed by atoms with E-state index in [9.17, 15) is 0 Å². The Bertz CT molecular complexity index is 526. The van der Waals surface area contributed by atoms with Gasteiger partial charge in [-0.1, -0.05) is 39.8 Å². The highest BCUT2D eigenvalue weighted by Crippen LogP contribution is 2.24. The van der Waals surface area contributed by atoms with Crippen LogP contribution in [0.5, 0.6) is 0 Å². The summed E-state index contributed by atoms with van der Waals surface area (Å²) in [7, 11) is 0. The van der Waals surface area contributed by atoms with Gasteiger partial charge < -0.3 is 10.3 Å². The van der Waals surface area contributed by atoms with E-state index in [2.05, 4.69) is 50.5 Å². The van der Waals surface area contributed by atoms with Crippen molar-refractivity contribution >= 4 is 11.0 Å². The minimum absolute atomic E-state index is 0.00356. The van der Waals surface area contributed by atoms with Gasteiger partial charge in [0, 0.05) is 6.54 Å². The van der Waals surface area contributed by atoms with Crippen LogP contribution >= 0.6 is 0 Å². The topological polar surface area (TPSA) is 43.8 Å². The molecular weight excluding hydrogens is 222 g/mol. The minimum atomic E-state index is -0.00356. The van der Waals surface area contributed by atoms with Gasteiger partial charge in [0.15, 0.2) is 0 Å². The van der Waals surface area contributed by atoms with Crippen molar-refractivity contribution < 1.29 is 0 Å². The maximum absolute atomic E-state index is 6.29. The molecule has 2 aromatic rings. The van der Waals surface area contributed by atoms with Crippen LogP contribution in [0.1, 0.15) is 39.6 Å². The third-order valence-corrected chi connectivity index (χ3v) is 3.25. The Hall–Kier alpha value is -1.35. The molecule has 98 valence electrons. The number of nitrogens with zero attached hydrogens (tertiary/aromatic N) is 2. The molecule has 0 fully saturated rings. The van der Waals surface area contributed by atoms with Crippen LogP contribution in [0.2, 0.25) is 0 Å². The average molecular weight is 245 g/mol. The fraction of sp³-hybridized carbons (Fsp3) is 0.533. The number of para-hydroxylation sites is 2. The van der Waals surface area contributed by atoms with E-state index in [0.29, 0.717) is 11.8 Å². The molecule has 1 heterocycles. The largest absolute Gasteiger partial charge is 0.326 e. The maximum atomic E-state index is 6.29. The molecule has 0 aliphatic carbocycles. The number of benzene rings is 1. The summed E-state index contributed by atoms with van der Waals surface area (Å²) in [4.78, 5) is 4.72. The van der Waals surface area contributed by atoms with Gasteiger partial charge in [0.1, 0.15) is 5.82 Å². The zero-order valence-electron chi connectivity index (χ0n) is 11.7. The molecule has 0 bridgehead atoms. The van der Waals surface area contributed by atoms with Gasteiger partial charge in [0.2, 0.25) is 0 Å². The number of rotatable bonds is 4. The molecule has 1 aromatic carbocycles. The van der Waals surface area contributed by atoms with E-state index in [-0.39, 0.29) is 6.04 Å². The number of fused-ring (bicyclic) bond motifs is 1. The van der Waals surface area contributed by atoms with E-state index in [0.717, 1.165) is 17.9 Å². The van der Waals surface area contributed by atoms with E-state index in [1.165, 1.54) is 5.52 Å². The van der Waals surface area contributed by atoms with Gasteiger partial charge in [-0.25, -0.2) is 4.98 Å². The van der Waals surface area contributed by atoms with Gasteiger partial charge in [0.25, 0.3) is 0 Å². The molecule has 18 heavy (non-hydrogen) atoms. The van der Waals surface area contributed by atoms with Crippen molar-refractivity contribution in [3.63, 3.8) is 0 Å². The van der Waals surface area contributed by atoms with E-state index < -0.39 is 0 Å². The fourth-order valence-corrected chi connectivity index (χ4v) is 2.20. The van der Waals surface area contributed by atoms with Crippen LogP contribution < -0.4 is 5.73 Å². The molecule has 0 saturated heterocycles. The summed E-state index contributed by atoms with van der Waals surface area (Å²) in [5.41, 5.74) is 8.53. The third kappa shape index (κ3) is 2.41. The molecule has 3 heteroatoms. The molecule has 0 spiro atoms. The molecule has 0 aliphatic heterocycles. The second kappa shape index (κ2) is 5.11. The lowest BCUT2D eigenvalue weighted by Gasteiger charge is -2.18. The average Bonchev–Trinajstić information content (AvgIpc) is 2.66. The highest BCUT2D eigenvalue weighted by molar-refractivity contribution is 5.76. The molecule has 2 N–H and O–H groups in total. The normalized spacial score (nSPS) is 13.7. The third-order valence-electron chi connectivity index (χ3n) is 3.25. The summed E-state index contributed by atoms with van der Waals surface area (Å²) < 4.78 is 2.28. The lowest BCUT2D eigenvalue weighted by atomic mass is 10.0. The summed E-state index contributed by atoms with van der Waals surface area (Å²) in [5, 5.41) is 0. The van der Waals surface area contributed by atoms with Crippen LogP contribution in [0, 0.1) is 11.8 Å². The second-order valence-corrected chi connectivity index (χ2v) is 5.73. The van der Waals surface area contributed by atoms with Gasteiger partial charge in [0.05, 0.1) is 17.1 Å². The van der Waals surface area contributed by atoms with Crippen molar-refractivity contribution in [3.05, 3.63) is 30.1 Å². The summed E-state index contributed by atoms with van der Waals surface area (Å²) in [6, 6.07) is 8.27. The molecule has 0 saturated carbocycles. The lowest BCUT2D eigenvalue weighted by molar-refractivity contribution is 0.443. The molecule has 3 nitrogen and oxygen atoms in total. The van der Waals surface area contributed by atoms with Crippen LogP contribution in [-0.4, -0.2) is 9.55 Å². The number of aromatic nitrogens is 2. The van der Waals surface area contributed by atoms with Gasteiger partial charge in [-0.05, 0) is 24.0 Å². The van der Waals surface area contributed by atoms with Gasteiger partial charge in [-0.2, -0.15) is 0 Å². The monoisotopic (exact) mass is 245 g/mol. The first kappa shape index (κ1) is 13.1. The maximum Gasteiger partial charge on any atom is 0.127 e. The molecule has 0 radical (unpaired) electrons. The highest BCUT2D eigenvalue weighted by Gasteiger charge is 2.19. The Morgan fingerprint density at radius 1 is 1.17 bits per heavy atom. The Labute approximate surface area is 109 Å². The summed E-state index contributed by atoms with van der Waals surface area (Å²) >= 11 is 0. The van der Waals surface area contributed by atoms with Crippen molar-refractivity contribution in [2.24, 2.45) is 17.6 Å². The molecule has 1 aromatic heterocycles. The lowest BCUT2D eigenvalue weighted by Crippen LogP contribution is -2.22. The predicted molar refractivity (Wildman–Crippen MR) is 76.3 cm³/mol. The molecule has 0 amide bonds. The van der Waals surface area contributed by atoms with Crippen molar-refractivity contribution in [1.82, 2.24) is 9.55 Å². The SMILES string of the molecule is CC(C)Cn1c([C@H](N)C(C)C)nc2ccccc21. The first-order chi connectivity index (χ1) is 8.50. The molecule has 2 rings (SSSR count). The number of hydrogen-bond acceptors (Lipinski definition) is 2. The Morgan fingerprint density at radius 3 is 2.44 bits per heavy atom. The molecule has 0 aliphatic rings. The first-order valence-electron chi connectivity index (χ1n) is 6.71.